The number of rotatable bonds is 5. The summed E-state index contributed by atoms with van der Waals surface area (Å²) in [6, 6.07) is 4.03. The van der Waals surface area contributed by atoms with Crippen LogP contribution in [0.5, 0.6) is 0 Å². The van der Waals surface area contributed by atoms with E-state index in [0.717, 1.165) is 31.5 Å². The number of sulfone groups is 1. The summed E-state index contributed by atoms with van der Waals surface area (Å²) in [7, 11) is -2.99. The topological polar surface area (TPSA) is 59.1 Å². The average molecular weight is 282 g/mol. The Hall–Kier alpha value is -0.940. The molecule has 0 saturated carbocycles. The normalized spacial score (nSPS) is 20.8. The molecule has 2 rings (SSSR count). The van der Waals surface area contributed by atoms with E-state index in [1.165, 1.54) is 11.8 Å². The van der Waals surface area contributed by atoms with Gasteiger partial charge in [-0.15, -0.1) is 0 Å². The first kappa shape index (κ1) is 14.5. The molecule has 0 amide bonds. The molecule has 0 radical (unpaired) electrons. The van der Waals surface area contributed by atoms with Crippen molar-refractivity contribution in [2.75, 3.05) is 18.6 Å². The first-order valence-electron chi connectivity index (χ1n) is 6.86. The Bertz CT molecular complexity index is 528. The molecule has 1 aromatic rings. The van der Waals surface area contributed by atoms with Crippen molar-refractivity contribution >= 4 is 9.84 Å². The SMILES string of the molecule is CCNC(CS(C)(=O)=O)C1CCCc2cccnc21. The van der Waals surface area contributed by atoms with Gasteiger partial charge in [-0.05, 0) is 37.4 Å². The predicted octanol–water partition coefficient (Wildman–Crippen LogP) is 1.52. The number of nitrogens with one attached hydrogen (secondary N) is 1. The highest BCUT2D eigenvalue weighted by atomic mass is 32.2. The Morgan fingerprint density at radius 2 is 2.32 bits per heavy atom. The minimum Gasteiger partial charge on any atom is -0.313 e. The third-order valence-corrected chi connectivity index (χ3v) is 4.64. The molecule has 1 N–H and O–H groups in total. The molecule has 1 aromatic heterocycles. The molecule has 4 nitrogen and oxygen atoms in total. The van der Waals surface area contributed by atoms with Gasteiger partial charge in [-0.25, -0.2) is 8.42 Å². The molecule has 0 aromatic carbocycles. The van der Waals surface area contributed by atoms with Crippen LogP contribution in [0.3, 0.4) is 0 Å². The highest BCUT2D eigenvalue weighted by molar-refractivity contribution is 7.90. The molecule has 1 heterocycles. The number of pyridine rings is 1. The van der Waals surface area contributed by atoms with Crippen LogP contribution in [0.2, 0.25) is 0 Å². The van der Waals surface area contributed by atoms with E-state index in [1.54, 1.807) is 6.20 Å². The second kappa shape index (κ2) is 6.01. The van der Waals surface area contributed by atoms with Crippen LogP contribution >= 0.6 is 0 Å². The number of nitrogens with zero attached hydrogens (tertiary/aromatic N) is 1. The van der Waals surface area contributed by atoms with Crippen molar-refractivity contribution in [3.63, 3.8) is 0 Å². The van der Waals surface area contributed by atoms with Crippen molar-refractivity contribution in [3.05, 3.63) is 29.6 Å². The molecule has 5 heteroatoms. The zero-order valence-electron chi connectivity index (χ0n) is 11.6. The number of hydrogen-bond acceptors (Lipinski definition) is 4. The lowest BCUT2D eigenvalue weighted by molar-refractivity contribution is 0.412. The van der Waals surface area contributed by atoms with E-state index >= 15 is 0 Å². The van der Waals surface area contributed by atoms with Crippen molar-refractivity contribution < 1.29 is 8.42 Å². The lowest BCUT2D eigenvalue weighted by Crippen LogP contribution is -2.41. The number of aryl methyl sites for hydroxylation is 1. The first-order chi connectivity index (χ1) is 9.01. The van der Waals surface area contributed by atoms with Gasteiger partial charge in [0.25, 0.3) is 0 Å². The molecule has 0 aliphatic heterocycles. The van der Waals surface area contributed by atoms with Crippen molar-refractivity contribution in [3.8, 4) is 0 Å². The van der Waals surface area contributed by atoms with E-state index in [-0.39, 0.29) is 17.7 Å². The van der Waals surface area contributed by atoms with Gasteiger partial charge in [0.1, 0.15) is 9.84 Å². The summed E-state index contributed by atoms with van der Waals surface area (Å²) in [5, 5.41) is 3.33. The molecule has 0 fully saturated rings. The molecule has 19 heavy (non-hydrogen) atoms. The molecule has 2 unspecified atom stereocenters. The molecule has 1 aliphatic carbocycles. The molecule has 1 aliphatic rings. The number of likely N-dealkylation sites (N-methyl/N-ethyl adjacent to an activating group) is 1. The smallest absolute Gasteiger partial charge is 0.149 e. The minimum absolute atomic E-state index is 0.0334. The standard InChI is InChI=1S/C14H22N2O2S/c1-3-15-13(10-19(2,17)18)12-8-4-6-11-7-5-9-16-14(11)12/h5,7,9,12-13,15H,3-4,6,8,10H2,1-2H3. The Morgan fingerprint density at radius 3 is 3.00 bits per heavy atom. The van der Waals surface area contributed by atoms with Crippen LogP contribution in [0, 0.1) is 0 Å². The summed E-state index contributed by atoms with van der Waals surface area (Å²) in [6.45, 7) is 2.79. The summed E-state index contributed by atoms with van der Waals surface area (Å²) < 4.78 is 23.2. The van der Waals surface area contributed by atoms with Gasteiger partial charge in [-0.2, -0.15) is 0 Å². The highest BCUT2D eigenvalue weighted by Gasteiger charge is 2.30. The predicted molar refractivity (Wildman–Crippen MR) is 77.1 cm³/mol. The van der Waals surface area contributed by atoms with Crippen LogP contribution in [-0.2, 0) is 16.3 Å². The fourth-order valence-corrected chi connectivity index (χ4v) is 3.95. The van der Waals surface area contributed by atoms with Gasteiger partial charge in [-0.1, -0.05) is 13.0 Å². The van der Waals surface area contributed by atoms with Crippen molar-refractivity contribution in [2.45, 2.75) is 38.1 Å². The third-order valence-electron chi connectivity index (χ3n) is 3.67. The van der Waals surface area contributed by atoms with Crippen molar-refractivity contribution in [1.82, 2.24) is 10.3 Å². The van der Waals surface area contributed by atoms with Gasteiger partial charge in [-0.3, -0.25) is 4.98 Å². The molecule has 0 spiro atoms. The monoisotopic (exact) mass is 282 g/mol. The summed E-state index contributed by atoms with van der Waals surface area (Å²) >= 11 is 0. The van der Waals surface area contributed by atoms with Gasteiger partial charge in [0.15, 0.2) is 0 Å². The maximum Gasteiger partial charge on any atom is 0.149 e. The molecule has 0 bridgehead atoms. The van der Waals surface area contributed by atoms with Crippen LogP contribution < -0.4 is 5.32 Å². The number of hydrogen-bond donors (Lipinski definition) is 1. The van der Waals surface area contributed by atoms with Gasteiger partial charge in [0, 0.05) is 30.1 Å². The quantitative estimate of drug-likeness (QED) is 0.889. The zero-order valence-corrected chi connectivity index (χ0v) is 12.4. The Labute approximate surface area is 115 Å². The minimum atomic E-state index is -2.99. The van der Waals surface area contributed by atoms with Crippen LogP contribution in [0.1, 0.15) is 36.9 Å². The van der Waals surface area contributed by atoms with Crippen LogP contribution in [-0.4, -0.2) is 38.0 Å². The van der Waals surface area contributed by atoms with Crippen LogP contribution in [0.15, 0.2) is 18.3 Å². The van der Waals surface area contributed by atoms with E-state index in [0.29, 0.717) is 0 Å². The molecule has 0 saturated heterocycles. The average Bonchev–Trinajstić information content (AvgIpc) is 2.36. The molecule has 106 valence electrons. The largest absolute Gasteiger partial charge is 0.313 e. The van der Waals surface area contributed by atoms with Gasteiger partial charge in [0.2, 0.25) is 0 Å². The maximum absolute atomic E-state index is 11.6. The van der Waals surface area contributed by atoms with Crippen LogP contribution in [0.4, 0.5) is 0 Å². The number of fused-ring (bicyclic) bond motifs is 1. The zero-order chi connectivity index (χ0) is 13.9. The fraction of sp³-hybridized carbons (Fsp3) is 0.643. The van der Waals surface area contributed by atoms with E-state index in [1.807, 2.05) is 13.0 Å². The highest BCUT2D eigenvalue weighted by Crippen LogP contribution is 2.32. The second-order valence-electron chi connectivity index (χ2n) is 5.30. The lowest BCUT2D eigenvalue weighted by Gasteiger charge is -2.31. The molecule has 2 atom stereocenters. The van der Waals surface area contributed by atoms with E-state index < -0.39 is 9.84 Å². The summed E-state index contributed by atoms with van der Waals surface area (Å²) in [5.41, 5.74) is 2.36. The van der Waals surface area contributed by atoms with E-state index in [4.69, 9.17) is 0 Å². The Morgan fingerprint density at radius 1 is 1.53 bits per heavy atom. The van der Waals surface area contributed by atoms with E-state index in [2.05, 4.69) is 16.4 Å². The van der Waals surface area contributed by atoms with Gasteiger partial charge < -0.3 is 5.32 Å². The Kier molecular flexibility index (Phi) is 4.58. The summed E-state index contributed by atoms with van der Waals surface area (Å²) in [5.74, 6) is 0.390. The Balaban J connectivity index is 2.28. The van der Waals surface area contributed by atoms with E-state index in [9.17, 15) is 8.42 Å². The fourth-order valence-electron chi connectivity index (χ4n) is 2.94. The number of aromatic nitrogens is 1. The maximum atomic E-state index is 11.6. The summed E-state index contributed by atoms with van der Waals surface area (Å²) in [6.07, 6.45) is 6.28. The van der Waals surface area contributed by atoms with Crippen molar-refractivity contribution in [2.24, 2.45) is 0 Å². The van der Waals surface area contributed by atoms with Gasteiger partial charge in [0.05, 0.1) is 5.75 Å². The van der Waals surface area contributed by atoms with Crippen LogP contribution in [0.25, 0.3) is 0 Å². The molecular weight excluding hydrogens is 260 g/mol. The third kappa shape index (κ3) is 3.76. The van der Waals surface area contributed by atoms with Gasteiger partial charge >= 0.3 is 0 Å². The molecular formula is C14H22N2O2S. The van der Waals surface area contributed by atoms with Crippen molar-refractivity contribution in [1.29, 1.82) is 0 Å². The first-order valence-corrected chi connectivity index (χ1v) is 8.92. The second-order valence-corrected chi connectivity index (χ2v) is 7.49. The lowest BCUT2D eigenvalue weighted by atomic mass is 9.82. The summed E-state index contributed by atoms with van der Waals surface area (Å²) in [4.78, 5) is 4.50.